The fourth-order valence-corrected chi connectivity index (χ4v) is 3.78. The van der Waals surface area contributed by atoms with Crippen LogP contribution < -0.4 is 5.32 Å². The number of anilines is 1. The van der Waals surface area contributed by atoms with Crippen molar-refractivity contribution in [3.8, 4) is 11.3 Å². The zero-order valence-corrected chi connectivity index (χ0v) is 15.1. The van der Waals surface area contributed by atoms with Gasteiger partial charge < -0.3 is 5.32 Å². The highest BCUT2D eigenvalue weighted by Crippen LogP contribution is 2.60. The van der Waals surface area contributed by atoms with Crippen LogP contribution in [-0.2, 0) is 11.8 Å². The first-order chi connectivity index (χ1) is 12.8. The molecule has 2 saturated carbocycles. The van der Waals surface area contributed by atoms with Gasteiger partial charge in [0.25, 0.3) is 0 Å². The van der Waals surface area contributed by atoms with Gasteiger partial charge in [0.15, 0.2) is 0 Å². The third-order valence-corrected chi connectivity index (χ3v) is 5.86. The zero-order valence-electron chi connectivity index (χ0n) is 15.1. The van der Waals surface area contributed by atoms with Crippen molar-refractivity contribution in [3.63, 3.8) is 0 Å². The molecule has 27 heavy (non-hydrogen) atoms. The van der Waals surface area contributed by atoms with Crippen LogP contribution in [0.2, 0.25) is 0 Å². The molecule has 1 N–H and O–H groups in total. The Kier molecular flexibility index (Phi) is 4.28. The van der Waals surface area contributed by atoms with Crippen LogP contribution >= 0.6 is 0 Å². The molecule has 0 aliphatic heterocycles. The summed E-state index contributed by atoms with van der Waals surface area (Å²) in [6.45, 7) is 0. The lowest BCUT2D eigenvalue weighted by Gasteiger charge is -2.27. The molecule has 2 aliphatic rings. The number of alkyl halides is 3. The summed E-state index contributed by atoms with van der Waals surface area (Å²) in [5.74, 6) is 0.219. The second kappa shape index (κ2) is 6.39. The molecule has 2 aliphatic carbocycles. The van der Waals surface area contributed by atoms with E-state index < -0.39 is 23.9 Å². The molecule has 0 saturated heterocycles. The Hall–Kier alpha value is -2.31. The normalized spacial score (nSPS) is 18.8. The van der Waals surface area contributed by atoms with Gasteiger partial charge in [-0.2, -0.15) is 18.3 Å². The van der Waals surface area contributed by atoms with Crippen molar-refractivity contribution in [3.05, 3.63) is 35.9 Å². The molecule has 0 bridgehead atoms. The predicted molar refractivity (Wildman–Crippen MR) is 96.2 cm³/mol. The maximum Gasteiger partial charge on any atom is 0.395 e. The van der Waals surface area contributed by atoms with Gasteiger partial charge in [-0.1, -0.05) is 36.8 Å². The van der Waals surface area contributed by atoms with Crippen LogP contribution in [0.3, 0.4) is 0 Å². The van der Waals surface area contributed by atoms with Crippen molar-refractivity contribution in [1.82, 2.24) is 9.78 Å². The first kappa shape index (κ1) is 18.1. The summed E-state index contributed by atoms with van der Waals surface area (Å²) < 4.78 is 41.1. The van der Waals surface area contributed by atoms with Crippen LogP contribution in [0.25, 0.3) is 11.3 Å². The van der Waals surface area contributed by atoms with E-state index in [1.807, 2.05) is 30.3 Å². The van der Waals surface area contributed by atoms with Gasteiger partial charge in [0.2, 0.25) is 5.91 Å². The van der Waals surface area contributed by atoms with Gasteiger partial charge in [-0.05, 0) is 31.6 Å². The van der Waals surface area contributed by atoms with Crippen LogP contribution in [0.1, 0.15) is 50.0 Å². The van der Waals surface area contributed by atoms with Gasteiger partial charge in [-0.3, -0.25) is 9.48 Å². The first-order valence-corrected chi connectivity index (χ1v) is 9.30. The maximum absolute atomic E-state index is 13.2. The summed E-state index contributed by atoms with van der Waals surface area (Å²) in [5, 5.41) is 7.33. The third kappa shape index (κ3) is 3.24. The number of hydrogen-bond donors (Lipinski definition) is 1. The third-order valence-electron chi connectivity index (χ3n) is 5.86. The molecular formula is C20H22F3N3O. The molecule has 4 nitrogen and oxygen atoms in total. The molecule has 0 radical (unpaired) electrons. The number of halogens is 3. The van der Waals surface area contributed by atoms with Gasteiger partial charge in [0, 0.05) is 24.6 Å². The number of carbonyl (C=O) groups excluding carboxylic acids is 1. The lowest BCUT2D eigenvalue weighted by atomic mass is 9.79. The van der Waals surface area contributed by atoms with E-state index in [0.717, 1.165) is 36.1 Å². The van der Waals surface area contributed by atoms with E-state index in [-0.39, 0.29) is 18.8 Å². The number of rotatable bonds is 5. The van der Waals surface area contributed by atoms with Gasteiger partial charge in [0.05, 0.1) is 11.1 Å². The Labute approximate surface area is 155 Å². The van der Waals surface area contributed by atoms with Crippen molar-refractivity contribution in [2.24, 2.45) is 12.5 Å². The van der Waals surface area contributed by atoms with Gasteiger partial charge in [-0.25, -0.2) is 0 Å². The zero-order chi connectivity index (χ0) is 19.2. The Bertz CT molecular complexity index is 849. The van der Waals surface area contributed by atoms with E-state index in [4.69, 9.17) is 0 Å². The molecule has 1 amide bonds. The quantitative estimate of drug-likeness (QED) is 0.795. The Morgan fingerprint density at radius 3 is 2.44 bits per heavy atom. The number of hydrogen-bond acceptors (Lipinski definition) is 2. The van der Waals surface area contributed by atoms with Gasteiger partial charge in [0.1, 0.15) is 5.82 Å². The molecular weight excluding hydrogens is 355 g/mol. The Balaban J connectivity index is 1.63. The molecule has 1 heterocycles. The van der Waals surface area contributed by atoms with Crippen molar-refractivity contribution in [2.45, 2.75) is 50.6 Å². The van der Waals surface area contributed by atoms with Crippen molar-refractivity contribution in [2.75, 3.05) is 5.32 Å². The molecule has 144 valence electrons. The number of aromatic nitrogens is 2. The van der Waals surface area contributed by atoms with E-state index >= 15 is 0 Å². The predicted octanol–water partition coefficient (Wildman–Crippen LogP) is 5.03. The van der Waals surface area contributed by atoms with Crippen molar-refractivity contribution < 1.29 is 18.0 Å². The number of benzene rings is 1. The van der Waals surface area contributed by atoms with E-state index in [9.17, 15) is 18.0 Å². The number of nitrogens with zero attached hydrogens (tertiary/aromatic N) is 2. The van der Waals surface area contributed by atoms with Crippen molar-refractivity contribution >= 4 is 11.7 Å². The summed E-state index contributed by atoms with van der Waals surface area (Å²) in [6, 6.07) is 9.68. The SMILES string of the molecule is Cn1nc(-c2ccccc2)c(C2CCC2)c1NC(=O)CC1(C(F)(F)F)CC1. The standard InChI is InChI=1S/C20H22F3N3O/c1-26-18(24-15(27)12-19(10-11-19)20(21,22)23)16(13-8-5-9-13)17(25-26)14-6-3-2-4-7-14/h2-4,6-7,13H,5,8-12H2,1H3,(H,24,27). The van der Waals surface area contributed by atoms with Gasteiger partial charge >= 0.3 is 6.18 Å². The Morgan fingerprint density at radius 1 is 1.26 bits per heavy atom. The van der Waals surface area contributed by atoms with Crippen LogP contribution in [0.15, 0.2) is 30.3 Å². The summed E-state index contributed by atoms with van der Waals surface area (Å²) in [7, 11) is 1.72. The molecule has 1 aromatic carbocycles. The fourth-order valence-electron chi connectivity index (χ4n) is 3.78. The van der Waals surface area contributed by atoms with Crippen molar-refractivity contribution in [1.29, 1.82) is 0 Å². The fraction of sp³-hybridized carbons (Fsp3) is 0.500. The van der Waals surface area contributed by atoms with Crippen LogP contribution in [0.5, 0.6) is 0 Å². The summed E-state index contributed by atoms with van der Waals surface area (Å²) in [5.41, 5.74) is 0.855. The summed E-state index contributed by atoms with van der Waals surface area (Å²) in [6.07, 6.45) is -1.69. The highest BCUT2D eigenvalue weighted by atomic mass is 19.4. The summed E-state index contributed by atoms with van der Waals surface area (Å²) >= 11 is 0. The molecule has 1 aromatic heterocycles. The molecule has 7 heteroatoms. The number of amides is 1. The number of aryl methyl sites for hydroxylation is 1. The minimum absolute atomic E-state index is 0.0278. The molecule has 0 atom stereocenters. The smallest absolute Gasteiger partial charge is 0.311 e. The first-order valence-electron chi connectivity index (χ1n) is 9.30. The molecule has 0 spiro atoms. The van der Waals surface area contributed by atoms with Gasteiger partial charge in [-0.15, -0.1) is 0 Å². The highest BCUT2D eigenvalue weighted by Gasteiger charge is 2.63. The lowest BCUT2D eigenvalue weighted by Crippen LogP contribution is -2.30. The van der Waals surface area contributed by atoms with E-state index in [1.165, 1.54) is 0 Å². The average Bonchev–Trinajstić information content (AvgIpc) is 3.29. The minimum Gasteiger partial charge on any atom is -0.311 e. The van der Waals surface area contributed by atoms with E-state index in [1.54, 1.807) is 11.7 Å². The Morgan fingerprint density at radius 2 is 1.93 bits per heavy atom. The topological polar surface area (TPSA) is 46.9 Å². The second-order valence-corrected chi connectivity index (χ2v) is 7.73. The average molecular weight is 377 g/mol. The molecule has 0 unspecified atom stereocenters. The summed E-state index contributed by atoms with van der Waals surface area (Å²) in [4.78, 5) is 12.4. The lowest BCUT2D eigenvalue weighted by molar-refractivity contribution is -0.189. The largest absolute Gasteiger partial charge is 0.395 e. The molecule has 4 rings (SSSR count). The van der Waals surface area contributed by atoms with E-state index in [0.29, 0.717) is 5.82 Å². The van der Waals surface area contributed by atoms with Crippen LogP contribution in [-0.4, -0.2) is 21.9 Å². The number of nitrogens with one attached hydrogen (secondary N) is 1. The van der Waals surface area contributed by atoms with E-state index in [2.05, 4.69) is 10.4 Å². The molecule has 2 fully saturated rings. The van der Waals surface area contributed by atoms with Crippen LogP contribution in [0.4, 0.5) is 19.0 Å². The molecule has 2 aromatic rings. The minimum atomic E-state index is -4.33. The number of carbonyl (C=O) groups is 1. The second-order valence-electron chi connectivity index (χ2n) is 7.73. The monoisotopic (exact) mass is 377 g/mol. The maximum atomic E-state index is 13.2. The highest BCUT2D eigenvalue weighted by molar-refractivity contribution is 5.92. The van der Waals surface area contributed by atoms with Crippen LogP contribution in [0, 0.1) is 5.41 Å².